The largest absolute Gasteiger partial charge is 0.340 e. The van der Waals surface area contributed by atoms with Crippen molar-refractivity contribution in [2.75, 3.05) is 39.8 Å². The number of amides is 3. The third-order valence-electron chi connectivity index (χ3n) is 6.26. The Hall–Kier alpha value is -2.61. The molecule has 0 radical (unpaired) electrons. The number of carbonyl (C=O) groups excluding carboxylic acids is 2. The number of aryl methyl sites for hydroxylation is 1. The molecule has 8 nitrogen and oxygen atoms in total. The second-order valence-electron chi connectivity index (χ2n) is 8.49. The Morgan fingerprint density at radius 1 is 1.17 bits per heavy atom. The number of nitrogens with zero attached hydrogens (tertiary/aromatic N) is 5. The summed E-state index contributed by atoms with van der Waals surface area (Å²) in [6, 6.07) is 7.45. The number of aliphatic imine (C=N–C) groups is 1. The van der Waals surface area contributed by atoms with Crippen LogP contribution in [0.4, 0.5) is 4.79 Å². The SMILES string of the molecule is CCCCN1CCN(C2=NC3C(C(=O)NC(=O)N3C)N2Cc2cccc(C)c2)CC1. The molecule has 1 N–H and O–H groups in total. The molecule has 0 aromatic heterocycles. The molecule has 162 valence electrons. The van der Waals surface area contributed by atoms with Crippen molar-refractivity contribution in [3.05, 3.63) is 35.4 Å². The number of nitrogens with one attached hydrogen (secondary N) is 1. The van der Waals surface area contributed by atoms with Gasteiger partial charge in [-0.1, -0.05) is 43.2 Å². The molecule has 0 bridgehead atoms. The van der Waals surface area contributed by atoms with E-state index in [0.29, 0.717) is 6.54 Å². The number of urea groups is 1. The number of imide groups is 1. The first-order valence-corrected chi connectivity index (χ1v) is 10.9. The van der Waals surface area contributed by atoms with Crippen molar-refractivity contribution >= 4 is 17.9 Å². The molecule has 30 heavy (non-hydrogen) atoms. The van der Waals surface area contributed by atoms with Gasteiger partial charge in [-0.05, 0) is 25.5 Å². The summed E-state index contributed by atoms with van der Waals surface area (Å²) in [4.78, 5) is 38.3. The fourth-order valence-electron chi connectivity index (χ4n) is 4.50. The molecule has 1 aromatic carbocycles. The van der Waals surface area contributed by atoms with Gasteiger partial charge in [0.05, 0.1) is 0 Å². The lowest BCUT2D eigenvalue weighted by Gasteiger charge is -2.40. The minimum atomic E-state index is -0.499. The normalized spacial score (nSPS) is 24.8. The fourth-order valence-corrected chi connectivity index (χ4v) is 4.50. The molecule has 3 amide bonds. The Balaban J connectivity index is 1.57. The molecule has 2 saturated heterocycles. The Bertz CT molecular complexity index is 833. The Kier molecular flexibility index (Phi) is 5.94. The van der Waals surface area contributed by atoms with Crippen molar-refractivity contribution in [2.45, 2.75) is 45.4 Å². The number of benzene rings is 1. The number of likely N-dealkylation sites (N-methyl/N-ethyl adjacent to an activating group) is 1. The van der Waals surface area contributed by atoms with E-state index in [1.54, 1.807) is 11.9 Å². The second kappa shape index (κ2) is 8.63. The summed E-state index contributed by atoms with van der Waals surface area (Å²) in [6.45, 7) is 9.76. The number of rotatable bonds is 5. The monoisotopic (exact) mass is 412 g/mol. The molecule has 3 aliphatic rings. The highest BCUT2D eigenvalue weighted by Gasteiger charge is 2.49. The maximum absolute atomic E-state index is 12.8. The molecule has 0 spiro atoms. The molecule has 2 unspecified atom stereocenters. The first kappa shape index (κ1) is 20.7. The summed E-state index contributed by atoms with van der Waals surface area (Å²) in [5, 5.41) is 2.49. The molecule has 0 saturated carbocycles. The van der Waals surface area contributed by atoms with E-state index >= 15 is 0 Å². The third-order valence-corrected chi connectivity index (χ3v) is 6.26. The summed E-state index contributed by atoms with van der Waals surface area (Å²) in [5.41, 5.74) is 2.32. The first-order chi connectivity index (χ1) is 14.5. The average molecular weight is 413 g/mol. The lowest BCUT2D eigenvalue weighted by Crippen LogP contribution is -2.64. The topological polar surface area (TPSA) is 71.5 Å². The van der Waals surface area contributed by atoms with Crippen LogP contribution in [0.3, 0.4) is 0 Å². The van der Waals surface area contributed by atoms with Gasteiger partial charge < -0.3 is 14.7 Å². The van der Waals surface area contributed by atoms with E-state index in [1.165, 1.54) is 18.4 Å². The molecule has 1 aromatic rings. The second-order valence-corrected chi connectivity index (χ2v) is 8.49. The van der Waals surface area contributed by atoms with Gasteiger partial charge in [-0.25, -0.2) is 9.79 Å². The fraction of sp³-hybridized carbons (Fsp3) is 0.591. The van der Waals surface area contributed by atoms with Crippen molar-refractivity contribution in [3.63, 3.8) is 0 Å². The van der Waals surface area contributed by atoms with Gasteiger partial charge in [0.2, 0.25) is 0 Å². The minimum Gasteiger partial charge on any atom is -0.340 e. The average Bonchev–Trinajstić information content (AvgIpc) is 3.11. The van der Waals surface area contributed by atoms with E-state index in [1.807, 2.05) is 6.07 Å². The predicted octanol–water partition coefficient (Wildman–Crippen LogP) is 1.46. The van der Waals surface area contributed by atoms with Crippen LogP contribution in [-0.4, -0.2) is 89.5 Å². The van der Waals surface area contributed by atoms with E-state index in [0.717, 1.165) is 44.2 Å². The summed E-state index contributed by atoms with van der Waals surface area (Å²) < 4.78 is 0. The molecule has 4 rings (SSSR count). The molecular formula is C22H32N6O2. The van der Waals surface area contributed by atoms with Gasteiger partial charge in [-0.2, -0.15) is 0 Å². The van der Waals surface area contributed by atoms with Gasteiger partial charge in [0.15, 0.2) is 18.2 Å². The van der Waals surface area contributed by atoms with Crippen LogP contribution >= 0.6 is 0 Å². The summed E-state index contributed by atoms with van der Waals surface area (Å²) in [7, 11) is 1.71. The first-order valence-electron chi connectivity index (χ1n) is 10.9. The van der Waals surface area contributed by atoms with Crippen LogP contribution in [0.2, 0.25) is 0 Å². The molecule has 0 aliphatic carbocycles. The summed E-state index contributed by atoms with van der Waals surface area (Å²) in [6.07, 6.45) is 1.94. The van der Waals surface area contributed by atoms with Crippen molar-refractivity contribution < 1.29 is 9.59 Å². The number of carbonyl (C=O) groups is 2. The molecular weight excluding hydrogens is 380 g/mol. The lowest BCUT2D eigenvalue weighted by atomic mass is 10.1. The van der Waals surface area contributed by atoms with Gasteiger partial charge in [-0.15, -0.1) is 0 Å². The van der Waals surface area contributed by atoms with Crippen molar-refractivity contribution in [2.24, 2.45) is 4.99 Å². The standard InChI is InChI=1S/C22H32N6O2/c1-4-5-9-26-10-12-27(13-11-26)21-23-19-18(20(29)24-22(30)25(19)3)28(21)15-17-8-6-7-16(2)14-17/h6-8,14,18-19H,4-5,9-13,15H2,1-3H3,(H,24,29,30). The Morgan fingerprint density at radius 2 is 1.93 bits per heavy atom. The zero-order valence-electron chi connectivity index (χ0n) is 18.2. The molecule has 8 heteroatoms. The Morgan fingerprint density at radius 3 is 2.63 bits per heavy atom. The highest BCUT2D eigenvalue weighted by molar-refractivity contribution is 6.03. The van der Waals surface area contributed by atoms with E-state index in [-0.39, 0.29) is 11.9 Å². The van der Waals surface area contributed by atoms with E-state index in [9.17, 15) is 9.59 Å². The van der Waals surface area contributed by atoms with Gasteiger partial charge in [0.25, 0.3) is 5.91 Å². The van der Waals surface area contributed by atoms with E-state index < -0.39 is 12.2 Å². The van der Waals surface area contributed by atoms with Gasteiger partial charge in [0.1, 0.15) is 0 Å². The molecule has 2 atom stereocenters. The highest BCUT2D eigenvalue weighted by atomic mass is 16.2. The van der Waals surface area contributed by atoms with E-state index in [4.69, 9.17) is 4.99 Å². The maximum Gasteiger partial charge on any atom is 0.325 e. The van der Waals surface area contributed by atoms with Gasteiger partial charge >= 0.3 is 6.03 Å². The zero-order chi connectivity index (χ0) is 21.3. The third kappa shape index (κ3) is 4.01. The van der Waals surface area contributed by atoms with Gasteiger partial charge in [0, 0.05) is 39.8 Å². The Labute approximate surface area is 178 Å². The van der Waals surface area contributed by atoms with Crippen molar-refractivity contribution in [1.82, 2.24) is 24.9 Å². The minimum absolute atomic E-state index is 0.268. The van der Waals surface area contributed by atoms with Crippen molar-refractivity contribution in [1.29, 1.82) is 0 Å². The number of unbranched alkanes of at least 4 members (excludes halogenated alkanes) is 1. The number of piperazine rings is 1. The van der Waals surface area contributed by atoms with Crippen LogP contribution in [0, 0.1) is 6.92 Å². The molecule has 2 fully saturated rings. The summed E-state index contributed by atoms with van der Waals surface area (Å²) in [5.74, 6) is 0.564. The van der Waals surface area contributed by atoms with Crippen LogP contribution in [0.1, 0.15) is 30.9 Å². The quantitative estimate of drug-likeness (QED) is 0.793. The number of fused-ring (bicyclic) bond motifs is 1. The predicted molar refractivity (Wildman–Crippen MR) is 116 cm³/mol. The van der Waals surface area contributed by atoms with Crippen LogP contribution in [0.5, 0.6) is 0 Å². The smallest absolute Gasteiger partial charge is 0.325 e. The highest BCUT2D eigenvalue weighted by Crippen LogP contribution is 2.28. The van der Waals surface area contributed by atoms with Crippen molar-refractivity contribution in [3.8, 4) is 0 Å². The molecule has 3 heterocycles. The summed E-state index contributed by atoms with van der Waals surface area (Å²) >= 11 is 0. The van der Waals surface area contributed by atoms with Crippen LogP contribution in [-0.2, 0) is 11.3 Å². The van der Waals surface area contributed by atoms with E-state index in [2.05, 4.69) is 52.1 Å². The zero-order valence-corrected chi connectivity index (χ0v) is 18.2. The number of hydrogen-bond acceptors (Lipinski definition) is 6. The van der Waals surface area contributed by atoms with Gasteiger partial charge in [-0.3, -0.25) is 15.0 Å². The molecule has 3 aliphatic heterocycles. The van der Waals surface area contributed by atoms with Crippen LogP contribution < -0.4 is 5.32 Å². The lowest BCUT2D eigenvalue weighted by molar-refractivity contribution is -0.127. The number of guanidine groups is 1. The van der Waals surface area contributed by atoms with Crippen LogP contribution in [0.15, 0.2) is 29.3 Å². The number of hydrogen-bond donors (Lipinski definition) is 1. The van der Waals surface area contributed by atoms with Crippen LogP contribution in [0.25, 0.3) is 0 Å². The maximum atomic E-state index is 12.8.